The topological polar surface area (TPSA) is 85.9 Å². The lowest BCUT2D eigenvalue weighted by molar-refractivity contribution is 1.20. The molecule has 0 saturated heterocycles. The van der Waals surface area contributed by atoms with E-state index in [9.17, 15) is 19.2 Å². The fourth-order valence-electron chi connectivity index (χ4n) is 10.6. The van der Waals surface area contributed by atoms with E-state index in [4.69, 9.17) is 0 Å². The summed E-state index contributed by atoms with van der Waals surface area (Å²) in [5.41, 5.74) is 6.93. The first-order valence-electron chi connectivity index (χ1n) is 19.6. The number of halogens is 4. The van der Waals surface area contributed by atoms with Crippen molar-refractivity contribution in [2.24, 2.45) is 0 Å². The fraction of sp³-hybridized carbons (Fsp3) is 0. The summed E-state index contributed by atoms with van der Waals surface area (Å²) in [5.74, 6) is 0. The zero-order valence-corrected chi connectivity index (χ0v) is 41.4. The van der Waals surface area contributed by atoms with Gasteiger partial charge < -0.3 is 0 Å². The van der Waals surface area contributed by atoms with Gasteiger partial charge in [0.25, 0.3) is 22.2 Å². The van der Waals surface area contributed by atoms with E-state index in [1.807, 2.05) is 57.9 Å². The molecule has 0 saturated carbocycles. The minimum absolute atomic E-state index is 0.0533. The van der Waals surface area contributed by atoms with Crippen molar-refractivity contribution >= 4 is 237 Å². The number of aromatic nitrogens is 4. The van der Waals surface area contributed by atoms with Crippen molar-refractivity contribution < 1.29 is 0 Å². The molecule has 0 atom stereocenters. The Balaban J connectivity index is 0.000000119. The van der Waals surface area contributed by atoms with E-state index in [0.29, 0.717) is 21.5 Å². The van der Waals surface area contributed by atoms with Crippen molar-refractivity contribution in [3.63, 3.8) is 0 Å². The molecule has 16 aromatic rings. The van der Waals surface area contributed by atoms with Gasteiger partial charge in [-0.15, -0.1) is 45.3 Å². The van der Waals surface area contributed by atoms with E-state index in [1.54, 1.807) is 62.9 Å². The van der Waals surface area contributed by atoms with Crippen LogP contribution < -0.4 is 22.2 Å². The molecule has 304 valence electrons. The Labute approximate surface area is 403 Å². The van der Waals surface area contributed by atoms with Gasteiger partial charge in [0.2, 0.25) is 0 Å². The van der Waals surface area contributed by atoms with Gasteiger partial charge >= 0.3 is 0 Å². The number of pyridine rings is 4. The average molecular weight is 1160 g/mol. The highest BCUT2D eigenvalue weighted by Crippen LogP contribution is 2.44. The molecule has 16 heteroatoms. The van der Waals surface area contributed by atoms with Gasteiger partial charge in [-0.2, -0.15) is 0 Å². The van der Waals surface area contributed by atoms with Crippen molar-refractivity contribution in [3.8, 4) is 0 Å². The molecule has 0 unspecified atom stereocenters. The number of hydrogen-bond donors (Lipinski definition) is 0. The molecule has 12 heterocycles. The maximum Gasteiger partial charge on any atom is 0.263 e. The number of nitrogens with zero attached hydrogens (tertiary/aromatic N) is 4. The largest absolute Gasteiger partial charge is 0.274 e. The van der Waals surface area contributed by atoms with E-state index in [1.165, 1.54) is 0 Å². The number of hydrogen-bond acceptors (Lipinski definition) is 8. The van der Waals surface area contributed by atoms with E-state index >= 15 is 0 Å². The molecule has 0 fully saturated rings. The predicted octanol–water partition coefficient (Wildman–Crippen LogP) is 14.4. The summed E-state index contributed by atoms with van der Waals surface area (Å²) >= 11 is 20.9. The van der Waals surface area contributed by atoms with Gasteiger partial charge in [0.15, 0.2) is 0 Å². The van der Waals surface area contributed by atoms with Gasteiger partial charge in [-0.05, 0) is 112 Å². The Morgan fingerprint density at radius 1 is 0.312 bits per heavy atom. The molecule has 8 nitrogen and oxygen atoms in total. The molecule has 0 aliphatic heterocycles. The van der Waals surface area contributed by atoms with E-state index in [-0.39, 0.29) is 22.2 Å². The molecule has 0 spiro atoms. The molecule has 12 aromatic heterocycles. The van der Waals surface area contributed by atoms with Crippen molar-refractivity contribution in [2.75, 3.05) is 0 Å². The second kappa shape index (κ2) is 12.4. The zero-order chi connectivity index (χ0) is 42.9. The summed E-state index contributed by atoms with van der Waals surface area (Å²) in [6, 6.07) is 24.0. The third-order valence-corrected chi connectivity index (χ3v) is 20.4. The standard InChI is InChI=1S/2C24H8Br2N2O2S2/c25-13-7-31-17-5-15-9-1-3-11-20-10(2-4-12(19(9)20)24(30)27(15)21(13)17)16-6-18-22(14(26)8-32-18)28(16)23(11)29;25-13-7-31-17-5-15-9-1-2-10-16-6-18-22(14(26)8-32-18)28(16)24(30)12-4-3-11(19(9)20(10)12)23(29)27(15)21(13)17/h2*1-8H. The first kappa shape index (κ1) is 37.2. The van der Waals surface area contributed by atoms with Crippen LogP contribution in [0.5, 0.6) is 0 Å². The normalized spacial score (nSPS) is 12.9. The molecule has 0 aliphatic carbocycles. The molecule has 0 bridgehead atoms. The quantitative estimate of drug-likeness (QED) is 0.142. The lowest BCUT2D eigenvalue weighted by Gasteiger charge is -2.13. The summed E-state index contributed by atoms with van der Waals surface area (Å²) in [4.78, 5) is 54.7. The monoisotopic (exact) mass is 1160 g/mol. The molecule has 4 aromatic carbocycles. The zero-order valence-electron chi connectivity index (χ0n) is 31.8. The summed E-state index contributed by atoms with van der Waals surface area (Å²) in [7, 11) is 0. The van der Waals surface area contributed by atoms with Crippen LogP contribution in [0.1, 0.15) is 0 Å². The lowest BCUT2D eigenvalue weighted by atomic mass is 9.95. The number of benzene rings is 4. The Hall–Kier alpha value is -5.04. The molecule has 0 amide bonds. The smallest absolute Gasteiger partial charge is 0.263 e. The summed E-state index contributed by atoms with van der Waals surface area (Å²) in [6.07, 6.45) is 0. The summed E-state index contributed by atoms with van der Waals surface area (Å²) < 4.78 is 15.1. The van der Waals surface area contributed by atoms with Crippen molar-refractivity contribution in [3.05, 3.63) is 154 Å². The Kier molecular flexibility index (Phi) is 7.23. The molecular weight excluding hydrogens is 1140 g/mol. The first-order chi connectivity index (χ1) is 31.1. The van der Waals surface area contributed by atoms with Gasteiger partial charge in [0.1, 0.15) is 0 Å². The van der Waals surface area contributed by atoms with Crippen LogP contribution in [-0.2, 0) is 0 Å². The highest BCUT2D eigenvalue weighted by Gasteiger charge is 2.25. The van der Waals surface area contributed by atoms with Gasteiger partial charge in [0.05, 0.1) is 80.8 Å². The SMILES string of the molecule is O=c1c2ccc3c(=O)n4c(cc5scc(Br)c54)c4ccc(c2c34)c2cc3scc(Br)c3n12.O=c1c2ccc3c4c(ccc(c24)c2cc4scc(Br)c4n12)c(=O)n1c3cc2scc(Br)c21. The number of rotatable bonds is 0. The predicted molar refractivity (Wildman–Crippen MR) is 284 cm³/mol. The molecule has 16 rings (SSSR count). The van der Waals surface area contributed by atoms with Crippen molar-refractivity contribution in [1.82, 2.24) is 17.6 Å². The van der Waals surface area contributed by atoms with Gasteiger partial charge in [0, 0.05) is 86.2 Å². The first-order valence-corrected chi connectivity index (χ1v) is 26.3. The van der Waals surface area contributed by atoms with Crippen LogP contribution >= 0.6 is 109 Å². The maximum atomic E-state index is 13.7. The van der Waals surface area contributed by atoms with Crippen LogP contribution in [0.15, 0.2) is 131 Å². The van der Waals surface area contributed by atoms with Crippen LogP contribution in [0.4, 0.5) is 0 Å². The number of thiophene rings is 4. The molecule has 64 heavy (non-hydrogen) atoms. The minimum Gasteiger partial charge on any atom is -0.274 e. The molecule has 0 N–H and O–H groups in total. The maximum absolute atomic E-state index is 13.7. The Bertz CT molecular complexity index is 4500. The van der Waals surface area contributed by atoms with Crippen LogP contribution in [0.25, 0.3) is 128 Å². The molecule has 0 aliphatic rings. The van der Waals surface area contributed by atoms with Crippen LogP contribution in [-0.4, -0.2) is 17.6 Å². The van der Waals surface area contributed by atoms with Crippen LogP contribution in [0.3, 0.4) is 0 Å². The fourth-order valence-corrected chi connectivity index (χ4v) is 17.1. The van der Waals surface area contributed by atoms with Crippen molar-refractivity contribution in [2.45, 2.75) is 0 Å². The molecule has 0 radical (unpaired) electrons. The Morgan fingerprint density at radius 2 is 0.516 bits per heavy atom. The average Bonchev–Trinajstić information content (AvgIpc) is 4.17. The van der Waals surface area contributed by atoms with Crippen LogP contribution in [0.2, 0.25) is 0 Å². The summed E-state index contributed by atoms with van der Waals surface area (Å²) in [5, 5.41) is 18.1. The Morgan fingerprint density at radius 3 is 0.734 bits per heavy atom. The second-order valence-corrected chi connectivity index (χ2v) is 23.1. The van der Waals surface area contributed by atoms with Gasteiger partial charge in [-0.1, -0.05) is 24.3 Å². The summed E-state index contributed by atoms with van der Waals surface area (Å²) in [6.45, 7) is 0. The molecular formula is C48H16Br4N4O4S4. The lowest BCUT2D eigenvalue weighted by Crippen LogP contribution is -2.16. The third-order valence-electron chi connectivity index (χ3n) is 13.1. The van der Waals surface area contributed by atoms with Crippen molar-refractivity contribution in [1.29, 1.82) is 0 Å². The highest BCUT2D eigenvalue weighted by molar-refractivity contribution is 9.11. The van der Waals surface area contributed by atoms with Gasteiger partial charge in [-0.3, -0.25) is 36.8 Å². The minimum atomic E-state index is -0.0533. The van der Waals surface area contributed by atoms with E-state index < -0.39 is 0 Å². The third kappa shape index (κ3) is 4.33. The van der Waals surface area contributed by atoms with E-state index in [2.05, 4.69) is 100 Å². The number of fused-ring (bicyclic) bond motifs is 16. The van der Waals surface area contributed by atoms with E-state index in [0.717, 1.165) is 124 Å². The van der Waals surface area contributed by atoms with Crippen LogP contribution in [0, 0.1) is 0 Å². The second-order valence-electron chi connectivity index (χ2n) is 16.0. The van der Waals surface area contributed by atoms with Gasteiger partial charge in [-0.25, -0.2) is 0 Å². The highest BCUT2D eigenvalue weighted by atomic mass is 79.9.